The van der Waals surface area contributed by atoms with Crippen LogP contribution in [0.1, 0.15) is 53.7 Å². The van der Waals surface area contributed by atoms with Gasteiger partial charge in [-0.25, -0.2) is 4.79 Å². The van der Waals surface area contributed by atoms with E-state index in [-0.39, 0.29) is 57.9 Å². The Balaban J connectivity index is 1.49. The summed E-state index contributed by atoms with van der Waals surface area (Å²) in [6.45, 7) is 8.47. The van der Waals surface area contributed by atoms with Gasteiger partial charge < -0.3 is 14.2 Å². The lowest BCUT2D eigenvalue weighted by Crippen LogP contribution is -2.32. The topological polar surface area (TPSA) is 82.1 Å². The van der Waals surface area contributed by atoms with Gasteiger partial charge in [-0.2, -0.15) is 0 Å². The van der Waals surface area contributed by atoms with E-state index in [1.807, 2.05) is 25.1 Å². The Kier molecular flexibility index (Phi) is 10.0. The van der Waals surface area contributed by atoms with Crippen molar-refractivity contribution >= 4 is 58.2 Å². The first kappa shape index (κ1) is 30.5. The number of ether oxygens (including phenoxy) is 3. The van der Waals surface area contributed by atoms with Crippen LogP contribution in [0.4, 0.5) is 4.79 Å². The van der Waals surface area contributed by atoms with Crippen LogP contribution in [0.25, 0.3) is 6.08 Å². The van der Waals surface area contributed by atoms with E-state index in [1.54, 1.807) is 37.3 Å². The Morgan fingerprint density at radius 2 is 1.80 bits per heavy atom. The molecule has 0 N–H and O–H groups in total. The van der Waals surface area contributed by atoms with Crippen molar-refractivity contribution in [2.24, 2.45) is 0 Å². The van der Waals surface area contributed by atoms with Crippen LogP contribution in [0.15, 0.2) is 59.5 Å². The van der Waals surface area contributed by atoms with E-state index >= 15 is 0 Å². The zero-order valence-electron chi connectivity index (χ0n) is 23.0. The zero-order chi connectivity index (χ0) is 29.7. The van der Waals surface area contributed by atoms with Crippen molar-refractivity contribution in [1.82, 2.24) is 4.90 Å². The molecule has 1 aliphatic heterocycles. The standard InChI is InChI=1S/C31H29Cl2NO6S/c1-5-38-26-15-20(14-24(33)28(26)40-30(36)21-7-6-8-22(32)17-21)16-27-29(35)34(31(37)41-27)11-12-39-25-13-19(4)9-10-23(25)18(2)3/h6-10,13-18H,5,11-12H2,1-4H3/b27-16-. The van der Waals surface area contributed by atoms with Gasteiger partial charge in [0, 0.05) is 5.02 Å². The Hall–Kier alpha value is -3.46. The summed E-state index contributed by atoms with van der Waals surface area (Å²) in [5.74, 6) is 0.189. The van der Waals surface area contributed by atoms with E-state index in [0.29, 0.717) is 10.6 Å². The molecular formula is C31H29Cl2NO6S. The molecule has 41 heavy (non-hydrogen) atoms. The summed E-state index contributed by atoms with van der Waals surface area (Å²) in [5.41, 5.74) is 2.88. The van der Waals surface area contributed by atoms with Crippen molar-refractivity contribution in [3.63, 3.8) is 0 Å². The molecule has 1 heterocycles. The predicted molar refractivity (Wildman–Crippen MR) is 162 cm³/mol. The second kappa shape index (κ2) is 13.5. The minimum absolute atomic E-state index is 0.0396. The fourth-order valence-electron chi connectivity index (χ4n) is 4.13. The summed E-state index contributed by atoms with van der Waals surface area (Å²) in [5, 5.41) is 0.104. The molecule has 0 atom stereocenters. The lowest BCUT2D eigenvalue weighted by molar-refractivity contribution is -0.123. The maximum absolute atomic E-state index is 13.1. The van der Waals surface area contributed by atoms with E-state index in [4.69, 9.17) is 37.4 Å². The van der Waals surface area contributed by atoms with Crippen LogP contribution < -0.4 is 14.2 Å². The van der Waals surface area contributed by atoms with Crippen molar-refractivity contribution in [3.8, 4) is 17.2 Å². The molecule has 1 saturated heterocycles. The molecule has 3 aromatic rings. The zero-order valence-corrected chi connectivity index (χ0v) is 25.4. The molecule has 4 rings (SSSR count). The molecule has 214 valence electrons. The number of nitrogens with zero attached hydrogens (tertiary/aromatic N) is 1. The molecule has 0 aromatic heterocycles. The van der Waals surface area contributed by atoms with Gasteiger partial charge in [0.1, 0.15) is 12.4 Å². The molecule has 1 fully saturated rings. The Bertz CT molecular complexity index is 1520. The molecule has 0 aliphatic carbocycles. The highest BCUT2D eigenvalue weighted by Gasteiger charge is 2.35. The van der Waals surface area contributed by atoms with Crippen molar-refractivity contribution < 1.29 is 28.6 Å². The number of rotatable bonds is 10. The number of carbonyl (C=O) groups is 3. The summed E-state index contributed by atoms with van der Waals surface area (Å²) in [6, 6.07) is 15.5. The lowest BCUT2D eigenvalue weighted by atomic mass is 10.0. The SMILES string of the molecule is CCOc1cc(/C=C2\SC(=O)N(CCOc3cc(C)ccc3C(C)C)C2=O)cc(Cl)c1OC(=O)c1cccc(Cl)c1. The van der Waals surface area contributed by atoms with Gasteiger partial charge in [-0.3, -0.25) is 14.5 Å². The van der Waals surface area contributed by atoms with Crippen LogP contribution in [0.5, 0.6) is 17.2 Å². The second-order valence-electron chi connectivity index (χ2n) is 9.54. The van der Waals surface area contributed by atoms with E-state index in [9.17, 15) is 14.4 Å². The monoisotopic (exact) mass is 613 g/mol. The number of thioether (sulfide) groups is 1. The Morgan fingerprint density at radius 1 is 1.02 bits per heavy atom. The number of imide groups is 1. The van der Waals surface area contributed by atoms with Gasteiger partial charge in [0.2, 0.25) is 0 Å². The molecule has 0 radical (unpaired) electrons. The number of benzene rings is 3. The predicted octanol–water partition coefficient (Wildman–Crippen LogP) is 8.16. The number of hydrogen-bond acceptors (Lipinski definition) is 7. The van der Waals surface area contributed by atoms with Crippen LogP contribution in [-0.4, -0.2) is 41.8 Å². The molecule has 7 nitrogen and oxygen atoms in total. The molecule has 1 aliphatic rings. The summed E-state index contributed by atoms with van der Waals surface area (Å²) in [6.07, 6.45) is 1.56. The smallest absolute Gasteiger partial charge is 0.343 e. The van der Waals surface area contributed by atoms with Crippen LogP contribution in [0.3, 0.4) is 0 Å². The maximum Gasteiger partial charge on any atom is 0.343 e. The first-order valence-corrected chi connectivity index (χ1v) is 14.6. The summed E-state index contributed by atoms with van der Waals surface area (Å²) in [4.78, 5) is 39.9. The molecular weight excluding hydrogens is 585 g/mol. The van der Waals surface area contributed by atoms with Crippen LogP contribution >= 0.6 is 35.0 Å². The number of carbonyl (C=O) groups excluding carboxylic acids is 3. The first-order chi connectivity index (χ1) is 19.6. The number of aryl methyl sites for hydroxylation is 1. The molecule has 0 saturated carbocycles. The summed E-state index contributed by atoms with van der Waals surface area (Å²) >= 11 is 13.3. The highest BCUT2D eigenvalue weighted by molar-refractivity contribution is 8.18. The quantitative estimate of drug-likeness (QED) is 0.129. The maximum atomic E-state index is 13.1. The molecule has 0 unspecified atom stereocenters. The van der Waals surface area contributed by atoms with Crippen molar-refractivity contribution in [3.05, 3.63) is 91.8 Å². The molecule has 2 amide bonds. The molecule has 0 bridgehead atoms. The van der Waals surface area contributed by atoms with E-state index in [2.05, 4.69) is 13.8 Å². The second-order valence-corrected chi connectivity index (χ2v) is 11.4. The molecule has 0 spiro atoms. The average molecular weight is 615 g/mol. The lowest BCUT2D eigenvalue weighted by Gasteiger charge is -2.17. The minimum atomic E-state index is -0.655. The Labute approximate surface area is 253 Å². The number of hydrogen-bond donors (Lipinski definition) is 0. The van der Waals surface area contributed by atoms with Gasteiger partial charge in [-0.05, 0) is 90.7 Å². The van der Waals surface area contributed by atoms with E-state index in [1.165, 1.54) is 12.1 Å². The third-order valence-corrected chi connectivity index (χ3v) is 7.54. The highest BCUT2D eigenvalue weighted by Crippen LogP contribution is 2.40. The van der Waals surface area contributed by atoms with E-state index in [0.717, 1.165) is 33.5 Å². The van der Waals surface area contributed by atoms with Crippen molar-refractivity contribution in [2.45, 2.75) is 33.6 Å². The third kappa shape index (κ3) is 7.44. The van der Waals surface area contributed by atoms with Gasteiger partial charge in [0.15, 0.2) is 11.5 Å². The summed E-state index contributed by atoms with van der Waals surface area (Å²) in [7, 11) is 0. The van der Waals surface area contributed by atoms with Crippen LogP contribution in [0.2, 0.25) is 10.0 Å². The molecule has 10 heteroatoms. The van der Waals surface area contributed by atoms with Crippen molar-refractivity contribution in [1.29, 1.82) is 0 Å². The largest absolute Gasteiger partial charge is 0.491 e. The van der Waals surface area contributed by atoms with Gasteiger partial charge in [0.05, 0.1) is 28.6 Å². The summed E-state index contributed by atoms with van der Waals surface area (Å²) < 4.78 is 17.2. The highest BCUT2D eigenvalue weighted by atomic mass is 35.5. The number of esters is 1. The fraction of sp³-hybridized carbons (Fsp3) is 0.258. The van der Waals surface area contributed by atoms with Gasteiger partial charge in [-0.1, -0.05) is 55.2 Å². The molecule has 3 aromatic carbocycles. The van der Waals surface area contributed by atoms with Crippen molar-refractivity contribution in [2.75, 3.05) is 19.8 Å². The third-order valence-electron chi connectivity index (χ3n) is 6.12. The van der Waals surface area contributed by atoms with Gasteiger partial charge in [0.25, 0.3) is 11.1 Å². The first-order valence-electron chi connectivity index (χ1n) is 13.0. The fourth-order valence-corrected chi connectivity index (χ4v) is 5.45. The number of halogens is 2. The van der Waals surface area contributed by atoms with Gasteiger partial charge in [-0.15, -0.1) is 0 Å². The average Bonchev–Trinajstić information content (AvgIpc) is 3.17. The normalized spacial score (nSPS) is 14.2. The minimum Gasteiger partial charge on any atom is -0.491 e. The Morgan fingerprint density at radius 3 is 2.51 bits per heavy atom. The number of amides is 2. The van der Waals surface area contributed by atoms with Crippen LogP contribution in [-0.2, 0) is 4.79 Å². The van der Waals surface area contributed by atoms with E-state index < -0.39 is 11.9 Å². The van der Waals surface area contributed by atoms with Gasteiger partial charge >= 0.3 is 5.97 Å². The van der Waals surface area contributed by atoms with Crippen LogP contribution in [0, 0.1) is 6.92 Å².